The van der Waals surface area contributed by atoms with Crippen molar-refractivity contribution >= 4 is 11.6 Å². The molecule has 1 amide bonds. The molecule has 2 aliphatic rings. The van der Waals surface area contributed by atoms with Crippen LogP contribution in [0.4, 0.5) is 5.69 Å². The van der Waals surface area contributed by atoms with Crippen LogP contribution in [0, 0.1) is 0 Å². The van der Waals surface area contributed by atoms with Crippen molar-refractivity contribution in [1.82, 2.24) is 4.90 Å². The van der Waals surface area contributed by atoms with Crippen LogP contribution in [0.5, 0.6) is 0 Å². The maximum Gasteiger partial charge on any atom is 0.221 e. The van der Waals surface area contributed by atoms with Gasteiger partial charge in [0.25, 0.3) is 0 Å². The summed E-state index contributed by atoms with van der Waals surface area (Å²) in [7, 11) is 0. The molecule has 0 saturated carbocycles. The molecule has 2 heterocycles. The fraction of sp³-hybridized carbons (Fsp3) is 0.480. The molecule has 0 aromatic heterocycles. The van der Waals surface area contributed by atoms with E-state index in [0.717, 1.165) is 42.6 Å². The minimum atomic E-state index is -0.569. The van der Waals surface area contributed by atoms with Crippen LogP contribution in [0.3, 0.4) is 0 Å². The van der Waals surface area contributed by atoms with Crippen LogP contribution < -0.4 is 5.32 Å². The van der Waals surface area contributed by atoms with Gasteiger partial charge < -0.3 is 25.0 Å². The predicted molar refractivity (Wildman–Crippen MR) is 121 cm³/mol. The van der Waals surface area contributed by atoms with Crippen molar-refractivity contribution in [1.29, 1.82) is 0 Å². The van der Waals surface area contributed by atoms with Crippen molar-refractivity contribution in [2.24, 2.45) is 0 Å². The van der Waals surface area contributed by atoms with Gasteiger partial charge in [-0.2, -0.15) is 0 Å². The summed E-state index contributed by atoms with van der Waals surface area (Å²) in [6.07, 6.45) is 2.00. The van der Waals surface area contributed by atoms with Gasteiger partial charge in [-0.15, -0.1) is 0 Å². The highest BCUT2D eigenvalue weighted by atomic mass is 16.7. The first-order valence-electron chi connectivity index (χ1n) is 11.3. The van der Waals surface area contributed by atoms with Gasteiger partial charge in [0.2, 0.25) is 5.91 Å². The van der Waals surface area contributed by atoms with Gasteiger partial charge in [-0.25, -0.2) is 0 Å². The van der Waals surface area contributed by atoms with Gasteiger partial charge >= 0.3 is 0 Å². The number of amides is 1. The average molecular weight is 441 g/mol. The molecular weight excluding hydrogens is 408 g/mol. The number of rotatable bonds is 7. The van der Waals surface area contributed by atoms with E-state index in [0.29, 0.717) is 12.1 Å². The first-order chi connectivity index (χ1) is 15.6. The second-order valence-electron chi connectivity index (χ2n) is 8.63. The average Bonchev–Trinajstić information content (AvgIpc) is 3.25. The lowest BCUT2D eigenvalue weighted by atomic mass is 9.99. The van der Waals surface area contributed by atoms with Gasteiger partial charge in [0.05, 0.1) is 25.4 Å². The van der Waals surface area contributed by atoms with Crippen molar-refractivity contribution in [3.05, 3.63) is 65.2 Å². The van der Waals surface area contributed by atoms with E-state index < -0.39 is 6.29 Å². The van der Waals surface area contributed by atoms with E-state index in [2.05, 4.69) is 10.2 Å². The Morgan fingerprint density at radius 1 is 1.12 bits per heavy atom. The third kappa shape index (κ3) is 5.54. The summed E-state index contributed by atoms with van der Waals surface area (Å²) in [6, 6.07) is 15.5. The molecule has 4 rings (SSSR count). The van der Waals surface area contributed by atoms with E-state index in [9.17, 15) is 15.0 Å². The summed E-state index contributed by atoms with van der Waals surface area (Å²) < 4.78 is 12.8. The molecule has 32 heavy (non-hydrogen) atoms. The van der Waals surface area contributed by atoms with Gasteiger partial charge in [0.1, 0.15) is 0 Å². The Labute approximate surface area is 189 Å². The number of aliphatic hydroxyl groups is 2. The Balaban J connectivity index is 1.56. The summed E-state index contributed by atoms with van der Waals surface area (Å²) in [4.78, 5) is 13.8. The number of nitrogens with one attached hydrogen (secondary N) is 1. The summed E-state index contributed by atoms with van der Waals surface area (Å²) >= 11 is 0. The van der Waals surface area contributed by atoms with Gasteiger partial charge in [-0.05, 0) is 42.6 Å². The van der Waals surface area contributed by atoms with Crippen molar-refractivity contribution in [2.75, 3.05) is 25.0 Å². The summed E-state index contributed by atoms with van der Waals surface area (Å²) in [6.45, 7) is 3.35. The molecule has 0 bridgehead atoms. The van der Waals surface area contributed by atoms with E-state index in [1.807, 2.05) is 48.5 Å². The van der Waals surface area contributed by atoms with Gasteiger partial charge in [0.15, 0.2) is 6.29 Å². The highest BCUT2D eigenvalue weighted by Gasteiger charge is 2.35. The van der Waals surface area contributed by atoms with E-state index in [4.69, 9.17) is 9.47 Å². The third-order valence-electron chi connectivity index (χ3n) is 6.24. The molecule has 4 atom stereocenters. The second-order valence-corrected chi connectivity index (χ2v) is 8.63. The predicted octanol–water partition coefficient (Wildman–Crippen LogP) is 3.14. The SMILES string of the molecule is CC(=O)Nc1cccc([C@H]2O[C@@H](CN3CCC[C@H]3CO)C[C@@H](c3ccc(CO)cc3)O2)c1. The Morgan fingerprint density at radius 3 is 2.66 bits per heavy atom. The molecular formula is C25H32N2O5. The molecule has 2 fully saturated rings. The molecule has 2 aromatic rings. The molecule has 2 aliphatic heterocycles. The minimum absolute atomic E-state index is 0.00755. The standard InChI is InChI=1S/C25H32N2O5/c1-17(30)26-21-5-2-4-20(12-21)25-31-23(14-27-11-3-6-22(27)16-29)13-24(32-25)19-9-7-18(15-28)8-10-19/h2,4-5,7-10,12,22-25,28-29H,3,6,11,13-16H2,1H3,(H,26,30)/t22-,23+,24-,25-/m0/s1. The molecule has 7 heteroatoms. The fourth-order valence-corrected chi connectivity index (χ4v) is 4.60. The largest absolute Gasteiger partial charge is 0.395 e. The van der Waals surface area contributed by atoms with Crippen LogP contribution in [0.15, 0.2) is 48.5 Å². The number of hydrogen-bond acceptors (Lipinski definition) is 6. The number of hydrogen-bond donors (Lipinski definition) is 3. The molecule has 3 N–H and O–H groups in total. The summed E-state index contributed by atoms with van der Waals surface area (Å²) in [5, 5.41) is 21.9. The Bertz CT molecular complexity index is 903. The summed E-state index contributed by atoms with van der Waals surface area (Å²) in [5.41, 5.74) is 3.45. The molecule has 0 aliphatic carbocycles. The van der Waals surface area contributed by atoms with Crippen molar-refractivity contribution in [3.8, 4) is 0 Å². The Kier molecular flexibility index (Phi) is 7.55. The zero-order valence-corrected chi connectivity index (χ0v) is 18.4. The maximum atomic E-state index is 11.5. The fourth-order valence-electron chi connectivity index (χ4n) is 4.60. The number of aliphatic hydroxyl groups excluding tert-OH is 2. The lowest BCUT2D eigenvalue weighted by Crippen LogP contribution is -2.42. The van der Waals surface area contributed by atoms with Crippen LogP contribution in [0.25, 0.3) is 0 Å². The number of ether oxygens (including phenoxy) is 2. The van der Waals surface area contributed by atoms with Crippen LogP contribution in [0.2, 0.25) is 0 Å². The number of nitrogens with zero attached hydrogens (tertiary/aromatic N) is 1. The molecule has 2 saturated heterocycles. The Hall–Kier alpha value is -2.29. The highest BCUT2D eigenvalue weighted by Crippen LogP contribution is 2.39. The second kappa shape index (κ2) is 10.6. The highest BCUT2D eigenvalue weighted by molar-refractivity contribution is 5.88. The van der Waals surface area contributed by atoms with Gasteiger partial charge in [0, 0.05) is 37.2 Å². The number of anilines is 1. The van der Waals surface area contributed by atoms with E-state index in [-0.39, 0.29) is 37.4 Å². The van der Waals surface area contributed by atoms with Crippen LogP contribution in [-0.4, -0.2) is 52.9 Å². The molecule has 7 nitrogen and oxygen atoms in total. The quantitative estimate of drug-likeness (QED) is 0.613. The first-order valence-corrected chi connectivity index (χ1v) is 11.3. The molecule has 0 radical (unpaired) electrons. The number of carbonyl (C=O) groups excluding carboxylic acids is 1. The lowest BCUT2D eigenvalue weighted by molar-refractivity contribution is -0.253. The molecule has 0 spiro atoms. The zero-order valence-electron chi connectivity index (χ0n) is 18.4. The maximum absolute atomic E-state index is 11.5. The van der Waals surface area contributed by atoms with Gasteiger partial charge in [-0.3, -0.25) is 9.69 Å². The van der Waals surface area contributed by atoms with E-state index in [1.165, 1.54) is 6.92 Å². The molecule has 172 valence electrons. The third-order valence-corrected chi connectivity index (χ3v) is 6.24. The molecule has 2 aromatic carbocycles. The topological polar surface area (TPSA) is 91.3 Å². The van der Waals surface area contributed by atoms with Crippen LogP contribution in [-0.2, 0) is 20.9 Å². The van der Waals surface area contributed by atoms with Crippen molar-refractivity contribution < 1.29 is 24.5 Å². The van der Waals surface area contributed by atoms with E-state index in [1.54, 1.807) is 0 Å². The smallest absolute Gasteiger partial charge is 0.221 e. The van der Waals surface area contributed by atoms with Crippen molar-refractivity contribution in [2.45, 2.75) is 57.3 Å². The normalized spacial score (nSPS) is 26.2. The minimum Gasteiger partial charge on any atom is -0.395 e. The van der Waals surface area contributed by atoms with Crippen molar-refractivity contribution in [3.63, 3.8) is 0 Å². The number of likely N-dealkylation sites (tertiary alicyclic amines) is 1. The number of carbonyl (C=O) groups is 1. The zero-order chi connectivity index (χ0) is 22.5. The molecule has 0 unspecified atom stereocenters. The Morgan fingerprint density at radius 2 is 1.94 bits per heavy atom. The summed E-state index contributed by atoms with van der Waals surface area (Å²) in [5.74, 6) is -0.128. The number of benzene rings is 2. The lowest BCUT2D eigenvalue weighted by Gasteiger charge is -2.38. The monoisotopic (exact) mass is 440 g/mol. The van der Waals surface area contributed by atoms with E-state index >= 15 is 0 Å². The van der Waals surface area contributed by atoms with Crippen LogP contribution in [0.1, 0.15) is 55.3 Å². The van der Waals surface area contributed by atoms with Crippen LogP contribution >= 0.6 is 0 Å². The van der Waals surface area contributed by atoms with Gasteiger partial charge in [-0.1, -0.05) is 36.4 Å². The first kappa shape index (κ1) is 22.9.